The molecule has 19 heavy (non-hydrogen) atoms. The number of rotatable bonds is 3. The summed E-state index contributed by atoms with van der Waals surface area (Å²) in [7, 11) is 0. The highest BCUT2D eigenvalue weighted by Gasteiger charge is 2.51. The third-order valence-electron chi connectivity index (χ3n) is 4.18. The van der Waals surface area contributed by atoms with Gasteiger partial charge in [-0.2, -0.15) is 5.10 Å². The molecular formula is C13H18N4O2. The summed E-state index contributed by atoms with van der Waals surface area (Å²) in [6, 6.07) is 1.70. The van der Waals surface area contributed by atoms with Crippen LogP contribution in [0.4, 0.5) is 5.82 Å². The molecule has 1 aromatic rings. The molecule has 0 aromatic carbocycles. The Balaban J connectivity index is 1.66. The topological polar surface area (TPSA) is 81.2 Å². The highest BCUT2D eigenvalue weighted by Crippen LogP contribution is 2.42. The zero-order valence-corrected chi connectivity index (χ0v) is 11.0. The highest BCUT2D eigenvalue weighted by molar-refractivity contribution is 6.05. The molecule has 6 nitrogen and oxygen atoms in total. The molecule has 0 radical (unpaired) electrons. The summed E-state index contributed by atoms with van der Waals surface area (Å²) >= 11 is 0. The summed E-state index contributed by atoms with van der Waals surface area (Å²) in [6.45, 7) is 3.00. The van der Waals surface area contributed by atoms with E-state index in [1.807, 2.05) is 0 Å². The number of nitrogen functional groups attached to an aromatic ring is 1. The van der Waals surface area contributed by atoms with E-state index in [-0.39, 0.29) is 23.7 Å². The summed E-state index contributed by atoms with van der Waals surface area (Å²) in [5.41, 5.74) is 5.53. The van der Waals surface area contributed by atoms with E-state index in [2.05, 4.69) is 12.0 Å². The van der Waals surface area contributed by atoms with Crippen LogP contribution < -0.4 is 5.73 Å². The molecule has 1 saturated heterocycles. The molecule has 1 aromatic heterocycles. The van der Waals surface area contributed by atoms with Gasteiger partial charge >= 0.3 is 0 Å². The maximum atomic E-state index is 12.2. The van der Waals surface area contributed by atoms with E-state index in [0.29, 0.717) is 24.8 Å². The molecule has 1 aliphatic heterocycles. The van der Waals surface area contributed by atoms with Gasteiger partial charge in [-0.1, -0.05) is 6.92 Å². The van der Waals surface area contributed by atoms with Crippen LogP contribution in [0.1, 0.15) is 19.8 Å². The van der Waals surface area contributed by atoms with E-state index in [1.54, 1.807) is 16.9 Å². The average Bonchev–Trinajstić information content (AvgIpc) is 2.99. The van der Waals surface area contributed by atoms with Crippen molar-refractivity contribution in [3.8, 4) is 0 Å². The Morgan fingerprint density at radius 3 is 2.42 bits per heavy atom. The maximum Gasteiger partial charge on any atom is 0.233 e. The van der Waals surface area contributed by atoms with Crippen LogP contribution in [0.3, 0.4) is 0 Å². The number of imide groups is 1. The predicted molar refractivity (Wildman–Crippen MR) is 68.7 cm³/mol. The first kappa shape index (κ1) is 12.2. The molecule has 2 heterocycles. The summed E-state index contributed by atoms with van der Waals surface area (Å²) < 4.78 is 1.66. The summed E-state index contributed by atoms with van der Waals surface area (Å²) in [5.74, 6) is 0.773. The molecule has 2 amide bonds. The van der Waals surface area contributed by atoms with Gasteiger partial charge in [-0.15, -0.1) is 0 Å². The van der Waals surface area contributed by atoms with Crippen molar-refractivity contribution in [3.05, 3.63) is 12.3 Å². The van der Waals surface area contributed by atoms with Crippen molar-refractivity contribution >= 4 is 17.6 Å². The first-order chi connectivity index (χ1) is 9.06. The van der Waals surface area contributed by atoms with Crippen molar-refractivity contribution in [2.75, 3.05) is 12.3 Å². The minimum absolute atomic E-state index is 0.000483. The molecule has 2 fully saturated rings. The molecule has 2 unspecified atom stereocenters. The largest absolute Gasteiger partial charge is 0.382 e. The fraction of sp³-hybridized carbons (Fsp3) is 0.615. The highest BCUT2D eigenvalue weighted by atomic mass is 16.2. The summed E-state index contributed by atoms with van der Waals surface area (Å²) in [5, 5.41) is 4.05. The molecule has 2 atom stereocenters. The van der Waals surface area contributed by atoms with E-state index in [9.17, 15) is 9.59 Å². The standard InChI is InChI=1S/C13H18N4O2/c1-8-6-9-10(7-8)13(19)17(12(9)18)5-4-16-3-2-11(14)15-16/h2-3,8-10H,4-7H2,1H3,(H2,14,15). The van der Waals surface area contributed by atoms with E-state index >= 15 is 0 Å². The first-order valence-electron chi connectivity index (χ1n) is 6.70. The van der Waals surface area contributed by atoms with Gasteiger partial charge in [0.2, 0.25) is 11.8 Å². The SMILES string of the molecule is CC1CC2C(=O)N(CCn3ccc(N)n3)C(=O)C2C1. The number of fused-ring (bicyclic) bond motifs is 1. The van der Waals surface area contributed by atoms with Gasteiger partial charge < -0.3 is 5.73 Å². The number of aromatic nitrogens is 2. The van der Waals surface area contributed by atoms with Gasteiger partial charge in [-0.05, 0) is 24.8 Å². The molecule has 0 spiro atoms. The Bertz CT molecular complexity index is 500. The monoisotopic (exact) mass is 262 g/mol. The molecule has 1 saturated carbocycles. The molecular weight excluding hydrogens is 244 g/mol. The van der Waals surface area contributed by atoms with Gasteiger partial charge in [0.25, 0.3) is 0 Å². The molecule has 3 rings (SSSR count). The Hall–Kier alpha value is -1.85. The van der Waals surface area contributed by atoms with Crippen molar-refractivity contribution < 1.29 is 9.59 Å². The molecule has 2 aliphatic rings. The van der Waals surface area contributed by atoms with Gasteiger partial charge in [0, 0.05) is 12.7 Å². The van der Waals surface area contributed by atoms with Crippen molar-refractivity contribution in [2.24, 2.45) is 17.8 Å². The van der Waals surface area contributed by atoms with Crippen molar-refractivity contribution in [1.82, 2.24) is 14.7 Å². The minimum Gasteiger partial charge on any atom is -0.382 e. The molecule has 0 bridgehead atoms. The number of hydrogen-bond donors (Lipinski definition) is 1. The van der Waals surface area contributed by atoms with Crippen LogP contribution in [0.15, 0.2) is 12.3 Å². The van der Waals surface area contributed by atoms with E-state index < -0.39 is 0 Å². The van der Waals surface area contributed by atoms with Crippen LogP contribution in [-0.4, -0.2) is 33.0 Å². The molecule has 2 N–H and O–H groups in total. The third kappa shape index (κ3) is 2.01. The van der Waals surface area contributed by atoms with Crippen LogP contribution in [0.25, 0.3) is 0 Å². The van der Waals surface area contributed by atoms with Crippen LogP contribution in [0.2, 0.25) is 0 Å². The molecule has 1 aliphatic carbocycles. The fourth-order valence-corrected chi connectivity index (χ4v) is 3.27. The number of carbonyl (C=O) groups is 2. The fourth-order valence-electron chi connectivity index (χ4n) is 3.27. The van der Waals surface area contributed by atoms with Crippen molar-refractivity contribution in [1.29, 1.82) is 0 Å². The van der Waals surface area contributed by atoms with Crippen LogP contribution in [0.5, 0.6) is 0 Å². The first-order valence-corrected chi connectivity index (χ1v) is 6.70. The van der Waals surface area contributed by atoms with E-state index in [4.69, 9.17) is 5.73 Å². The van der Waals surface area contributed by atoms with Crippen LogP contribution in [0, 0.1) is 17.8 Å². The van der Waals surface area contributed by atoms with E-state index in [0.717, 1.165) is 12.8 Å². The molecule has 102 valence electrons. The number of carbonyl (C=O) groups excluding carboxylic acids is 2. The van der Waals surface area contributed by atoms with Crippen molar-refractivity contribution in [3.63, 3.8) is 0 Å². The lowest BCUT2D eigenvalue weighted by Crippen LogP contribution is -2.35. The Kier molecular flexibility index (Phi) is 2.80. The normalized spacial score (nSPS) is 30.2. The average molecular weight is 262 g/mol. The quantitative estimate of drug-likeness (QED) is 0.804. The van der Waals surface area contributed by atoms with Crippen LogP contribution >= 0.6 is 0 Å². The number of hydrogen-bond acceptors (Lipinski definition) is 4. The second kappa shape index (κ2) is 4.36. The Morgan fingerprint density at radius 2 is 1.89 bits per heavy atom. The lowest BCUT2D eigenvalue weighted by atomic mass is 10.00. The van der Waals surface area contributed by atoms with Gasteiger partial charge in [0.15, 0.2) is 0 Å². The number of nitrogens with zero attached hydrogens (tertiary/aromatic N) is 3. The third-order valence-corrected chi connectivity index (χ3v) is 4.18. The smallest absolute Gasteiger partial charge is 0.233 e. The molecule has 6 heteroatoms. The Morgan fingerprint density at radius 1 is 1.26 bits per heavy atom. The number of likely N-dealkylation sites (tertiary alicyclic amines) is 1. The van der Waals surface area contributed by atoms with Crippen LogP contribution in [-0.2, 0) is 16.1 Å². The Labute approximate surface area is 111 Å². The second-order valence-electron chi connectivity index (χ2n) is 5.62. The zero-order chi connectivity index (χ0) is 13.6. The number of anilines is 1. The number of nitrogens with two attached hydrogens (primary N) is 1. The van der Waals surface area contributed by atoms with Crippen molar-refractivity contribution in [2.45, 2.75) is 26.3 Å². The maximum absolute atomic E-state index is 12.2. The van der Waals surface area contributed by atoms with Gasteiger partial charge in [-0.3, -0.25) is 19.2 Å². The van der Waals surface area contributed by atoms with Gasteiger partial charge in [0.1, 0.15) is 5.82 Å². The summed E-state index contributed by atoms with van der Waals surface area (Å²) in [6.07, 6.45) is 3.45. The predicted octanol–water partition coefficient (Wildman–Crippen LogP) is 0.496. The minimum atomic E-state index is -0.0785. The second-order valence-corrected chi connectivity index (χ2v) is 5.62. The number of amides is 2. The summed E-state index contributed by atoms with van der Waals surface area (Å²) in [4.78, 5) is 25.8. The van der Waals surface area contributed by atoms with E-state index in [1.165, 1.54) is 4.90 Å². The van der Waals surface area contributed by atoms with Gasteiger partial charge in [0.05, 0.1) is 18.4 Å². The lowest BCUT2D eigenvalue weighted by Gasteiger charge is -2.16. The van der Waals surface area contributed by atoms with Gasteiger partial charge in [-0.25, -0.2) is 0 Å². The lowest BCUT2D eigenvalue weighted by molar-refractivity contribution is -0.140. The zero-order valence-electron chi connectivity index (χ0n) is 11.0.